The van der Waals surface area contributed by atoms with Gasteiger partial charge in [-0.3, -0.25) is 4.79 Å². The summed E-state index contributed by atoms with van der Waals surface area (Å²) >= 11 is 0. The summed E-state index contributed by atoms with van der Waals surface area (Å²) in [6.45, 7) is 16.2. The fourth-order valence-corrected chi connectivity index (χ4v) is 6.27. The minimum Gasteiger partial charge on any atom is -0.381 e. The number of nitrogens with zero attached hydrogens (tertiary/aromatic N) is 2. The third-order valence-corrected chi connectivity index (χ3v) is 9.15. The van der Waals surface area contributed by atoms with Crippen LogP contribution in [0.2, 0.25) is 0 Å². The first-order valence-electron chi connectivity index (χ1n) is 16.4. The van der Waals surface area contributed by atoms with Gasteiger partial charge in [-0.05, 0) is 110 Å². The van der Waals surface area contributed by atoms with Gasteiger partial charge in [0.15, 0.2) is 0 Å². The Morgan fingerprint density at radius 2 is 1.82 bits per heavy atom. The zero-order valence-electron chi connectivity index (χ0n) is 27.8. The van der Waals surface area contributed by atoms with Gasteiger partial charge in [0.1, 0.15) is 6.07 Å². The summed E-state index contributed by atoms with van der Waals surface area (Å²) in [5, 5.41) is 13.6. The molecule has 45 heavy (non-hydrogen) atoms. The molecule has 1 saturated heterocycles. The van der Waals surface area contributed by atoms with Crippen LogP contribution >= 0.6 is 0 Å². The molecule has 0 aromatic heterocycles. The highest BCUT2D eigenvalue weighted by atomic mass is 16.5. The van der Waals surface area contributed by atoms with Crippen LogP contribution in [-0.4, -0.2) is 42.6 Å². The number of hydrogen-bond acceptors (Lipinski definition) is 4. The predicted octanol–water partition coefficient (Wildman–Crippen LogP) is 9.29. The third kappa shape index (κ3) is 8.32. The second kappa shape index (κ2) is 16.3. The van der Waals surface area contributed by atoms with Crippen molar-refractivity contribution < 1.29 is 9.53 Å². The molecule has 1 heterocycles. The highest BCUT2D eigenvalue weighted by molar-refractivity contribution is 5.95. The number of amides is 1. The number of anilines is 1. The molecule has 5 nitrogen and oxygen atoms in total. The molecule has 236 valence electrons. The van der Waals surface area contributed by atoms with Crippen LogP contribution in [0.4, 0.5) is 5.69 Å². The maximum absolute atomic E-state index is 13.5. The first-order chi connectivity index (χ1) is 21.8. The molecule has 2 fully saturated rings. The lowest BCUT2D eigenvalue weighted by Gasteiger charge is -2.37. The number of nitrogens with one attached hydrogen (secondary N) is 1. The smallest absolute Gasteiger partial charge is 0.254 e. The van der Waals surface area contributed by atoms with E-state index in [-0.39, 0.29) is 11.9 Å². The highest BCUT2D eigenvalue weighted by Crippen LogP contribution is 2.32. The quantitative estimate of drug-likeness (QED) is 0.194. The van der Waals surface area contributed by atoms with Crippen molar-refractivity contribution in [3.63, 3.8) is 0 Å². The van der Waals surface area contributed by atoms with Gasteiger partial charge < -0.3 is 15.0 Å². The van der Waals surface area contributed by atoms with Gasteiger partial charge >= 0.3 is 0 Å². The molecule has 1 amide bonds. The lowest BCUT2D eigenvalue weighted by atomic mass is 9.90. The normalized spacial score (nSPS) is 17.0. The Kier molecular flexibility index (Phi) is 12.2. The topological polar surface area (TPSA) is 65.4 Å². The van der Waals surface area contributed by atoms with Crippen molar-refractivity contribution in [1.82, 2.24) is 4.90 Å². The Morgan fingerprint density at radius 1 is 1.09 bits per heavy atom. The van der Waals surface area contributed by atoms with Crippen molar-refractivity contribution in [3.8, 4) is 6.07 Å². The van der Waals surface area contributed by atoms with E-state index < -0.39 is 0 Å². The van der Waals surface area contributed by atoms with E-state index in [4.69, 9.17) is 4.74 Å². The lowest BCUT2D eigenvalue weighted by molar-refractivity contribution is -0.0510. The Bertz CT molecular complexity index is 1540. The summed E-state index contributed by atoms with van der Waals surface area (Å²) in [4.78, 5) is 15.4. The van der Waals surface area contributed by atoms with Crippen LogP contribution in [0, 0.1) is 11.3 Å². The Labute approximate surface area is 270 Å². The molecule has 2 aliphatic rings. The summed E-state index contributed by atoms with van der Waals surface area (Å²) in [7, 11) is 0. The fraction of sp³-hybridized carbons (Fsp3) is 0.400. The number of hydrogen-bond donors (Lipinski definition) is 1. The minimum atomic E-state index is 0.0482. The van der Waals surface area contributed by atoms with Gasteiger partial charge in [0.05, 0.1) is 30.5 Å². The lowest BCUT2D eigenvalue weighted by Crippen LogP contribution is -2.51. The summed E-state index contributed by atoms with van der Waals surface area (Å²) in [6.07, 6.45) is 17.0. The molecule has 1 N–H and O–H groups in total. The number of carbonyl (C=O) groups excluding carboxylic acids is 1. The van der Waals surface area contributed by atoms with E-state index >= 15 is 0 Å². The van der Waals surface area contributed by atoms with Gasteiger partial charge in [-0.2, -0.15) is 5.26 Å². The standard InChI is InChI=1S/C40H49N3O2/c1-7-10-21-43(36-26-45-27-36)40(44)33-17-19-37(31(9-3)23-33)29(5)22-28(4)30(6)38(14-8-2)32-18-20-39(34(24-32)25-41)42-35-15-12-11-13-16-35/h7-8,10,14,17-20,22-24,35-36,42H,2,9,11-13,15-16,21,26-27H2,1,3-6H3/b10-7?,29-22+,30-28+,38-14+. The molecule has 0 bridgehead atoms. The summed E-state index contributed by atoms with van der Waals surface area (Å²) in [6, 6.07) is 15.2. The number of aryl methyl sites for hydroxylation is 1. The van der Waals surface area contributed by atoms with E-state index in [2.05, 4.69) is 76.0 Å². The number of carbonyl (C=O) groups is 1. The SMILES string of the molecule is C=C\C=C(/C(C)=C(C)/C=C(\C)c1ccc(C(=O)N(CC=CC)C2COC2)cc1CC)c1ccc(NC2CCCCC2)c(C#N)c1. The summed E-state index contributed by atoms with van der Waals surface area (Å²) < 4.78 is 5.38. The fourth-order valence-electron chi connectivity index (χ4n) is 6.27. The Morgan fingerprint density at radius 3 is 2.44 bits per heavy atom. The molecular weight excluding hydrogens is 554 g/mol. The molecule has 1 aliphatic carbocycles. The molecule has 1 aliphatic heterocycles. The van der Waals surface area contributed by atoms with Gasteiger partial charge in [0.2, 0.25) is 0 Å². The van der Waals surface area contributed by atoms with Crippen molar-refractivity contribution >= 4 is 22.7 Å². The van der Waals surface area contributed by atoms with Gasteiger partial charge in [0, 0.05) is 18.2 Å². The van der Waals surface area contributed by atoms with Crippen LogP contribution in [0.5, 0.6) is 0 Å². The molecule has 0 spiro atoms. The average Bonchev–Trinajstić information content (AvgIpc) is 3.04. The number of allylic oxidation sites excluding steroid dienone is 8. The largest absolute Gasteiger partial charge is 0.381 e. The van der Waals surface area contributed by atoms with Crippen molar-refractivity contribution in [1.29, 1.82) is 5.26 Å². The number of ether oxygens (including phenoxy) is 1. The second-order valence-corrected chi connectivity index (χ2v) is 12.2. The van der Waals surface area contributed by atoms with Gasteiger partial charge in [0.25, 0.3) is 5.91 Å². The van der Waals surface area contributed by atoms with E-state index in [1.807, 2.05) is 48.3 Å². The second-order valence-electron chi connectivity index (χ2n) is 12.2. The summed E-state index contributed by atoms with van der Waals surface area (Å²) in [5.41, 5.74) is 10.0. The average molecular weight is 604 g/mol. The van der Waals surface area contributed by atoms with Crippen molar-refractivity contribution in [3.05, 3.63) is 112 Å². The molecule has 4 rings (SSSR count). The van der Waals surface area contributed by atoms with E-state index in [0.717, 1.165) is 63.9 Å². The van der Waals surface area contributed by atoms with Gasteiger partial charge in [-0.25, -0.2) is 0 Å². The van der Waals surface area contributed by atoms with Crippen LogP contribution < -0.4 is 5.32 Å². The van der Waals surface area contributed by atoms with E-state index in [0.29, 0.717) is 36.9 Å². The zero-order chi connectivity index (χ0) is 32.3. The number of benzene rings is 2. The van der Waals surface area contributed by atoms with Crippen LogP contribution in [-0.2, 0) is 11.2 Å². The highest BCUT2D eigenvalue weighted by Gasteiger charge is 2.30. The van der Waals surface area contributed by atoms with Crippen molar-refractivity contribution in [2.24, 2.45) is 0 Å². The van der Waals surface area contributed by atoms with Crippen LogP contribution in [0.1, 0.15) is 99.3 Å². The van der Waals surface area contributed by atoms with E-state index in [1.165, 1.54) is 19.3 Å². The van der Waals surface area contributed by atoms with Gasteiger partial charge in [-0.15, -0.1) is 0 Å². The maximum Gasteiger partial charge on any atom is 0.254 e. The first kappa shape index (κ1) is 33.7. The molecule has 0 atom stereocenters. The van der Waals surface area contributed by atoms with E-state index in [9.17, 15) is 10.1 Å². The molecular formula is C40H49N3O2. The number of rotatable bonds is 12. The van der Waals surface area contributed by atoms with Gasteiger partial charge in [-0.1, -0.05) is 75.3 Å². The van der Waals surface area contributed by atoms with Crippen LogP contribution in [0.15, 0.2) is 84.5 Å². The van der Waals surface area contributed by atoms with Crippen LogP contribution in [0.25, 0.3) is 11.1 Å². The van der Waals surface area contributed by atoms with Crippen molar-refractivity contribution in [2.75, 3.05) is 25.1 Å². The first-order valence-corrected chi connectivity index (χ1v) is 16.4. The minimum absolute atomic E-state index is 0.0482. The molecule has 5 heteroatoms. The number of nitriles is 1. The Hall–Kier alpha value is -4.14. The molecule has 2 aromatic carbocycles. The van der Waals surface area contributed by atoms with Crippen LogP contribution in [0.3, 0.4) is 0 Å². The zero-order valence-corrected chi connectivity index (χ0v) is 27.8. The van der Waals surface area contributed by atoms with Crippen molar-refractivity contribution in [2.45, 2.75) is 85.2 Å². The molecule has 2 aromatic rings. The maximum atomic E-state index is 13.5. The predicted molar refractivity (Wildman–Crippen MR) is 188 cm³/mol. The molecule has 0 unspecified atom stereocenters. The Balaban J connectivity index is 1.60. The summed E-state index contributed by atoms with van der Waals surface area (Å²) in [5.74, 6) is 0.0482. The molecule has 1 saturated carbocycles. The molecule has 0 radical (unpaired) electrons. The monoisotopic (exact) mass is 603 g/mol. The van der Waals surface area contributed by atoms with E-state index in [1.54, 1.807) is 0 Å². The third-order valence-electron chi connectivity index (χ3n) is 9.15.